The summed E-state index contributed by atoms with van der Waals surface area (Å²) in [6.45, 7) is 3.69. The summed E-state index contributed by atoms with van der Waals surface area (Å²) in [6.07, 6.45) is 4.32. The third-order valence-electron chi connectivity index (χ3n) is 5.31. The molecule has 0 unspecified atom stereocenters. The standard InChI is InChI=1S/C22H25ClN6O4/c23-16-5-4-14(33-10-2-1-3-18(30)31)11-17(16)25-12-15-19-20(28-22(15)32)26-13-27-21(19)29-8-6-24-7-9-29/h4-5,11-13,24,32H,1-3,6-10H2,(H,30,31)(H,26,27,28). The smallest absolute Gasteiger partial charge is 0.303 e. The minimum absolute atomic E-state index is 0.0485. The predicted molar refractivity (Wildman–Crippen MR) is 126 cm³/mol. The molecule has 10 nitrogen and oxygen atoms in total. The van der Waals surface area contributed by atoms with Crippen LogP contribution in [0.15, 0.2) is 29.5 Å². The molecule has 0 spiro atoms. The molecule has 11 heteroatoms. The topological polar surface area (TPSA) is 136 Å². The Bertz CT molecular complexity index is 1160. The van der Waals surface area contributed by atoms with Gasteiger partial charge in [0.1, 0.15) is 23.5 Å². The number of benzene rings is 1. The van der Waals surface area contributed by atoms with Crippen molar-refractivity contribution in [1.29, 1.82) is 0 Å². The van der Waals surface area contributed by atoms with Gasteiger partial charge in [0.15, 0.2) is 5.88 Å². The number of anilines is 1. The summed E-state index contributed by atoms with van der Waals surface area (Å²) in [7, 11) is 0. The summed E-state index contributed by atoms with van der Waals surface area (Å²) in [5, 5.41) is 23.7. The zero-order chi connectivity index (χ0) is 23.2. The minimum atomic E-state index is -0.816. The number of carboxylic acids is 1. The van der Waals surface area contributed by atoms with E-state index in [0.29, 0.717) is 52.5 Å². The van der Waals surface area contributed by atoms with E-state index in [9.17, 15) is 9.90 Å². The zero-order valence-corrected chi connectivity index (χ0v) is 18.7. The number of aliphatic imine (C=N–C) groups is 1. The predicted octanol–water partition coefficient (Wildman–Crippen LogP) is 3.11. The van der Waals surface area contributed by atoms with Gasteiger partial charge in [0.05, 0.1) is 28.3 Å². The van der Waals surface area contributed by atoms with Crippen molar-refractivity contribution in [2.75, 3.05) is 37.7 Å². The molecule has 3 aromatic rings. The lowest BCUT2D eigenvalue weighted by atomic mass is 10.2. The number of hydrogen-bond donors (Lipinski definition) is 4. The number of fused-ring (bicyclic) bond motifs is 1. The Morgan fingerprint density at radius 1 is 1.27 bits per heavy atom. The molecule has 0 aliphatic carbocycles. The van der Waals surface area contributed by atoms with Gasteiger partial charge in [0.25, 0.3) is 0 Å². The van der Waals surface area contributed by atoms with Gasteiger partial charge in [-0.25, -0.2) is 9.97 Å². The highest BCUT2D eigenvalue weighted by Crippen LogP contribution is 2.33. The molecular formula is C22H25ClN6O4. The molecule has 2 aromatic heterocycles. The van der Waals surface area contributed by atoms with Crippen molar-refractivity contribution < 1.29 is 19.7 Å². The van der Waals surface area contributed by atoms with Gasteiger partial charge in [0, 0.05) is 44.9 Å². The number of hydrogen-bond acceptors (Lipinski definition) is 8. The third-order valence-corrected chi connectivity index (χ3v) is 5.63. The van der Waals surface area contributed by atoms with Gasteiger partial charge < -0.3 is 30.2 Å². The number of carbonyl (C=O) groups is 1. The fraction of sp³-hybridized carbons (Fsp3) is 0.364. The van der Waals surface area contributed by atoms with Gasteiger partial charge in [-0.15, -0.1) is 0 Å². The van der Waals surface area contributed by atoms with Crippen LogP contribution in [0.25, 0.3) is 11.0 Å². The number of nitrogens with one attached hydrogen (secondary N) is 2. The first kappa shape index (κ1) is 22.8. The first-order valence-corrected chi connectivity index (χ1v) is 11.1. The summed E-state index contributed by atoms with van der Waals surface area (Å²) in [5.74, 6) is 0.454. The molecule has 1 fully saturated rings. The van der Waals surface area contributed by atoms with Crippen molar-refractivity contribution >= 4 is 46.3 Å². The largest absolute Gasteiger partial charge is 0.494 e. The number of aromatic hydroxyl groups is 1. The van der Waals surface area contributed by atoms with E-state index < -0.39 is 5.97 Å². The lowest BCUT2D eigenvalue weighted by molar-refractivity contribution is -0.137. The van der Waals surface area contributed by atoms with Crippen LogP contribution in [0.5, 0.6) is 11.6 Å². The van der Waals surface area contributed by atoms with E-state index in [1.54, 1.807) is 24.4 Å². The second kappa shape index (κ2) is 10.5. The molecule has 3 heterocycles. The van der Waals surface area contributed by atoms with Crippen LogP contribution in [0.3, 0.4) is 0 Å². The number of H-pyrrole nitrogens is 1. The number of aromatic nitrogens is 3. The SMILES string of the molecule is O=C(O)CCCCOc1ccc(Cl)c(N=Cc2c(O)[nH]c3ncnc(N4CCNCC4)c23)c1. The second-order valence-corrected chi connectivity index (χ2v) is 8.02. The Morgan fingerprint density at radius 3 is 2.88 bits per heavy atom. The molecule has 33 heavy (non-hydrogen) atoms. The number of piperazine rings is 1. The van der Waals surface area contributed by atoms with Gasteiger partial charge in [-0.1, -0.05) is 11.6 Å². The second-order valence-electron chi connectivity index (χ2n) is 7.62. The number of unbranched alkanes of at least 4 members (excludes halogenated alkanes) is 1. The van der Waals surface area contributed by atoms with Crippen LogP contribution in [-0.2, 0) is 4.79 Å². The maximum absolute atomic E-state index is 10.6. The number of halogens is 1. The Kier molecular flexibility index (Phi) is 7.26. The average molecular weight is 473 g/mol. The van der Waals surface area contributed by atoms with Crippen molar-refractivity contribution in [3.8, 4) is 11.6 Å². The summed E-state index contributed by atoms with van der Waals surface area (Å²) < 4.78 is 5.70. The molecule has 174 valence electrons. The van der Waals surface area contributed by atoms with Gasteiger partial charge in [0.2, 0.25) is 0 Å². The summed E-state index contributed by atoms with van der Waals surface area (Å²) >= 11 is 6.32. The minimum Gasteiger partial charge on any atom is -0.494 e. The van der Waals surface area contributed by atoms with E-state index in [1.165, 1.54) is 6.33 Å². The van der Waals surface area contributed by atoms with Crippen LogP contribution >= 0.6 is 11.6 Å². The molecule has 1 aliphatic rings. The monoisotopic (exact) mass is 472 g/mol. The molecule has 0 amide bonds. The quantitative estimate of drug-likeness (QED) is 0.275. The molecular weight excluding hydrogens is 448 g/mol. The van der Waals surface area contributed by atoms with Gasteiger partial charge in [-0.05, 0) is 25.0 Å². The van der Waals surface area contributed by atoms with E-state index in [-0.39, 0.29) is 12.3 Å². The Morgan fingerprint density at radius 2 is 2.09 bits per heavy atom. The maximum Gasteiger partial charge on any atom is 0.303 e. The summed E-state index contributed by atoms with van der Waals surface area (Å²) in [5.41, 5.74) is 1.49. The van der Waals surface area contributed by atoms with Crippen LogP contribution in [0.1, 0.15) is 24.8 Å². The molecule has 4 N–H and O–H groups in total. The van der Waals surface area contributed by atoms with E-state index in [2.05, 4.69) is 30.2 Å². The fourth-order valence-electron chi connectivity index (χ4n) is 3.64. The van der Waals surface area contributed by atoms with Crippen molar-refractivity contribution in [3.63, 3.8) is 0 Å². The summed E-state index contributed by atoms with van der Waals surface area (Å²) in [4.78, 5) is 28.8. The van der Waals surface area contributed by atoms with E-state index in [4.69, 9.17) is 21.4 Å². The van der Waals surface area contributed by atoms with Crippen LogP contribution < -0.4 is 15.0 Å². The summed E-state index contributed by atoms with van der Waals surface area (Å²) in [6, 6.07) is 5.12. The Balaban J connectivity index is 1.55. The number of nitrogens with zero attached hydrogens (tertiary/aromatic N) is 4. The molecule has 0 atom stereocenters. The highest BCUT2D eigenvalue weighted by atomic mass is 35.5. The highest BCUT2D eigenvalue weighted by Gasteiger charge is 2.20. The van der Waals surface area contributed by atoms with Crippen molar-refractivity contribution in [2.24, 2.45) is 4.99 Å². The lowest BCUT2D eigenvalue weighted by Gasteiger charge is -2.28. The molecule has 1 saturated heterocycles. The third kappa shape index (κ3) is 5.52. The normalized spacial score (nSPS) is 14.3. The number of carboxylic acid groups (broad SMARTS) is 1. The first-order chi connectivity index (χ1) is 16.0. The van der Waals surface area contributed by atoms with Crippen molar-refractivity contribution in [2.45, 2.75) is 19.3 Å². The first-order valence-electron chi connectivity index (χ1n) is 10.7. The lowest BCUT2D eigenvalue weighted by Crippen LogP contribution is -2.44. The van der Waals surface area contributed by atoms with E-state index in [1.807, 2.05) is 0 Å². The average Bonchev–Trinajstić information content (AvgIpc) is 3.14. The maximum atomic E-state index is 10.6. The molecule has 0 bridgehead atoms. The Labute approximate surface area is 195 Å². The Hall–Kier alpha value is -3.37. The van der Waals surface area contributed by atoms with E-state index >= 15 is 0 Å². The molecule has 0 radical (unpaired) electrons. The molecule has 1 aliphatic heterocycles. The zero-order valence-electron chi connectivity index (χ0n) is 17.9. The number of rotatable bonds is 9. The van der Waals surface area contributed by atoms with Gasteiger partial charge in [-0.3, -0.25) is 9.79 Å². The molecule has 4 rings (SSSR count). The fourth-order valence-corrected chi connectivity index (χ4v) is 3.81. The molecule has 0 saturated carbocycles. The number of aliphatic carboxylic acids is 1. The number of aromatic amines is 1. The van der Waals surface area contributed by atoms with Gasteiger partial charge >= 0.3 is 5.97 Å². The van der Waals surface area contributed by atoms with Crippen LogP contribution in [0.4, 0.5) is 11.5 Å². The molecule has 1 aromatic carbocycles. The number of ether oxygens (including phenoxy) is 1. The van der Waals surface area contributed by atoms with Crippen molar-refractivity contribution in [1.82, 2.24) is 20.3 Å². The van der Waals surface area contributed by atoms with Crippen LogP contribution in [0, 0.1) is 0 Å². The van der Waals surface area contributed by atoms with E-state index in [0.717, 1.165) is 32.0 Å². The van der Waals surface area contributed by atoms with Crippen LogP contribution in [0.2, 0.25) is 5.02 Å². The van der Waals surface area contributed by atoms with Crippen LogP contribution in [-0.4, -0.2) is 70.1 Å². The highest BCUT2D eigenvalue weighted by molar-refractivity contribution is 6.33. The van der Waals surface area contributed by atoms with Gasteiger partial charge in [-0.2, -0.15) is 0 Å². The van der Waals surface area contributed by atoms with Crippen molar-refractivity contribution in [3.05, 3.63) is 35.1 Å².